The molecule has 19 heavy (non-hydrogen) atoms. The molecule has 1 aliphatic rings. The van der Waals surface area contributed by atoms with Crippen molar-refractivity contribution >= 4 is 22.6 Å². The Bertz CT molecular complexity index is 600. The third-order valence-corrected chi connectivity index (χ3v) is 3.47. The molecular weight excluding hydrogens is 242 g/mol. The lowest BCUT2D eigenvalue weighted by molar-refractivity contribution is -0.129. The fraction of sp³-hybridized carbons (Fsp3) is 0.429. The van der Waals surface area contributed by atoms with Gasteiger partial charge in [-0.2, -0.15) is 0 Å². The van der Waals surface area contributed by atoms with Gasteiger partial charge in [0.15, 0.2) is 0 Å². The number of imidazole rings is 1. The van der Waals surface area contributed by atoms with Crippen LogP contribution in [0.2, 0.25) is 0 Å². The Morgan fingerprint density at radius 1 is 1.47 bits per heavy atom. The van der Waals surface area contributed by atoms with Gasteiger partial charge in [-0.05, 0) is 37.5 Å². The highest BCUT2D eigenvalue weighted by Gasteiger charge is 2.21. The van der Waals surface area contributed by atoms with Gasteiger partial charge in [-0.15, -0.1) is 0 Å². The average Bonchev–Trinajstić information content (AvgIpc) is 2.81. The van der Waals surface area contributed by atoms with Crippen molar-refractivity contribution in [3.05, 3.63) is 24.5 Å². The molecule has 0 aliphatic carbocycles. The Kier molecular flexibility index (Phi) is 3.21. The summed E-state index contributed by atoms with van der Waals surface area (Å²) in [7, 11) is 1.94. The molecule has 0 spiro atoms. The number of aromatic nitrogens is 2. The molecule has 2 heterocycles. The lowest BCUT2D eigenvalue weighted by Gasteiger charge is -2.21. The predicted octanol–water partition coefficient (Wildman–Crippen LogP) is 2.08. The minimum atomic E-state index is -0.309. The number of hydrogen-bond acceptors (Lipinski definition) is 3. The summed E-state index contributed by atoms with van der Waals surface area (Å²) in [6.07, 6.45) is 4.36. The number of anilines is 1. The Balaban J connectivity index is 1.76. The largest absolute Gasteiger partial charge is 0.368 e. The van der Waals surface area contributed by atoms with Crippen LogP contribution in [0.25, 0.3) is 11.0 Å². The summed E-state index contributed by atoms with van der Waals surface area (Å²) in [6.45, 7) is 0.679. The normalized spacial score (nSPS) is 19.5. The summed E-state index contributed by atoms with van der Waals surface area (Å²) < 4.78 is 7.41. The van der Waals surface area contributed by atoms with Crippen molar-refractivity contribution in [1.29, 1.82) is 0 Å². The molecule has 0 bridgehead atoms. The van der Waals surface area contributed by atoms with E-state index in [9.17, 15) is 4.79 Å². The second-order valence-electron chi connectivity index (χ2n) is 4.90. The van der Waals surface area contributed by atoms with Crippen LogP contribution < -0.4 is 5.32 Å². The van der Waals surface area contributed by atoms with Crippen LogP contribution >= 0.6 is 0 Å². The van der Waals surface area contributed by atoms with Gasteiger partial charge >= 0.3 is 0 Å². The number of carbonyl (C=O) groups is 1. The first-order chi connectivity index (χ1) is 9.24. The van der Waals surface area contributed by atoms with Crippen molar-refractivity contribution < 1.29 is 9.53 Å². The molecule has 100 valence electrons. The quantitative estimate of drug-likeness (QED) is 0.898. The van der Waals surface area contributed by atoms with E-state index in [2.05, 4.69) is 10.3 Å². The monoisotopic (exact) mass is 259 g/mol. The molecule has 5 nitrogen and oxygen atoms in total. The number of amides is 1. The number of ether oxygens (including phenoxy) is 1. The Morgan fingerprint density at radius 3 is 3.16 bits per heavy atom. The fourth-order valence-corrected chi connectivity index (χ4v) is 2.37. The molecule has 1 fully saturated rings. The van der Waals surface area contributed by atoms with Crippen LogP contribution in [0.15, 0.2) is 24.5 Å². The Morgan fingerprint density at radius 2 is 2.37 bits per heavy atom. The Labute approximate surface area is 111 Å². The lowest BCUT2D eigenvalue weighted by atomic mass is 10.1. The molecular formula is C14H17N3O2. The van der Waals surface area contributed by atoms with Gasteiger partial charge < -0.3 is 14.6 Å². The van der Waals surface area contributed by atoms with Crippen molar-refractivity contribution in [2.45, 2.75) is 25.4 Å². The maximum absolute atomic E-state index is 12.1. The van der Waals surface area contributed by atoms with Gasteiger partial charge in [0.05, 0.1) is 17.4 Å². The van der Waals surface area contributed by atoms with Crippen LogP contribution in [0.5, 0.6) is 0 Å². The highest BCUT2D eigenvalue weighted by Crippen LogP contribution is 2.19. The van der Waals surface area contributed by atoms with Gasteiger partial charge in [0.2, 0.25) is 0 Å². The summed E-state index contributed by atoms with van der Waals surface area (Å²) in [4.78, 5) is 16.3. The number of carbonyl (C=O) groups excluding carboxylic acids is 1. The first-order valence-corrected chi connectivity index (χ1v) is 6.57. The van der Waals surface area contributed by atoms with Gasteiger partial charge in [0.25, 0.3) is 5.91 Å². The number of benzene rings is 1. The molecule has 1 unspecified atom stereocenters. The maximum atomic E-state index is 12.1. The van der Waals surface area contributed by atoms with Gasteiger partial charge in [-0.3, -0.25) is 4.79 Å². The van der Waals surface area contributed by atoms with E-state index in [1.54, 1.807) is 6.33 Å². The van der Waals surface area contributed by atoms with Crippen molar-refractivity contribution in [1.82, 2.24) is 9.55 Å². The molecule has 5 heteroatoms. The molecule has 0 radical (unpaired) electrons. The maximum Gasteiger partial charge on any atom is 0.253 e. The van der Waals surface area contributed by atoms with E-state index in [1.807, 2.05) is 29.8 Å². The van der Waals surface area contributed by atoms with Gasteiger partial charge in [-0.25, -0.2) is 4.98 Å². The molecule has 1 amide bonds. The summed E-state index contributed by atoms with van der Waals surface area (Å²) in [5, 5.41) is 2.92. The second kappa shape index (κ2) is 5.01. The van der Waals surface area contributed by atoms with E-state index in [-0.39, 0.29) is 12.0 Å². The predicted molar refractivity (Wildman–Crippen MR) is 72.9 cm³/mol. The van der Waals surface area contributed by atoms with Crippen molar-refractivity contribution in [3.63, 3.8) is 0 Å². The van der Waals surface area contributed by atoms with Crippen molar-refractivity contribution in [2.24, 2.45) is 7.05 Å². The molecule has 1 aromatic heterocycles. The zero-order valence-electron chi connectivity index (χ0n) is 10.9. The molecule has 1 aliphatic heterocycles. The number of nitrogens with one attached hydrogen (secondary N) is 1. The van der Waals surface area contributed by atoms with Crippen molar-refractivity contribution in [3.8, 4) is 0 Å². The molecule has 3 rings (SSSR count). The first kappa shape index (κ1) is 12.2. The van der Waals surface area contributed by atoms with Crippen LogP contribution in [-0.2, 0) is 16.6 Å². The van der Waals surface area contributed by atoms with Crippen LogP contribution in [-0.4, -0.2) is 28.2 Å². The highest BCUT2D eigenvalue weighted by atomic mass is 16.5. The zero-order chi connectivity index (χ0) is 13.2. The summed E-state index contributed by atoms with van der Waals surface area (Å²) >= 11 is 0. The molecule has 2 aromatic rings. The smallest absolute Gasteiger partial charge is 0.253 e. The van der Waals surface area contributed by atoms with Crippen LogP contribution in [0.1, 0.15) is 19.3 Å². The summed E-state index contributed by atoms with van der Waals surface area (Å²) in [5.74, 6) is -0.0544. The van der Waals surface area contributed by atoms with E-state index in [0.29, 0.717) is 6.61 Å². The Hall–Kier alpha value is -1.88. The molecule has 1 atom stereocenters. The van der Waals surface area contributed by atoms with E-state index in [1.165, 1.54) is 0 Å². The number of nitrogens with zero attached hydrogens (tertiary/aromatic N) is 2. The molecule has 1 N–H and O–H groups in total. The van der Waals surface area contributed by atoms with Crippen LogP contribution in [0.4, 0.5) is 5.69 Å². The summed E-state index contributed by atoms with van der Waals surface area (Å²) in [5.41, 5.74) is 2.71. The van der Waals surface area contributed by atoms with Crippen LogP contribution in [0.3, 0.4) is 0 Å². The minimum Gasteiger partial charge on any atom is -0.368 e. The van der Waals surface area contributed by atoms with Crippen LogP contribution in [0, 0.1) is 0 Å². The van der Waals surface area contributed by atoms with E-state index < -0.39 is 0 Å². The first-order valence-electron chi connectivity index (χ1n) is 6.57. The van der Waals surface area contributed by atoms with Gasteiger partial charge in [0.1, 0.15) is 6.10 Å². The highest BCUT2D eigenvalue weighted by molar-refractivity contribution is 5.95. The number of aryl methyl sites for hydroxylation is 1. The van der Waals surface area contributed by atoms with E-state index in [0.717, 1.165) is 36.0 Å². The molecule has 0 saturated carbocycles. The van der Waals surface area contributed by atoms with Crippen molar-refractivity contribution in [2.75, 3.05) is 11.9 Å². The zero-order valence-corrected chi connectivity index (χ0v) is 10.9. The van der Waals surface area contributed by atoms with Gasteiger partial charge in [-0.1, -0.05) is 0 Å². The third kappa shape index (κ3) is 2.46. The fourth-order valence-electron chi connectivity index (χ4n) is 2.37. The van der Waals surface area contributed by atoms with Gasteiger partial charge in [0, 0.05) is 19.3 Å². The van der Waals surface area contributed by atoms with E-state index in [4.69, 9.17) is 4.74 Å². The molecule has 1 aromatic carbocycles. The standard InChI is InChI=1S/C14H17N3O2/c1-17-9-15-11-6-5-10(8-12(11)17)16-14(18)13-4-2-3-7-19-13/h5-6,8-9,13H,2-4,7H2,1H3,(H,16,18). The lowest BCUT2D eigenvalue weighted by Crippen LogP contribution is -2.33. The summed E-state index contributed by atoms with van der Waals surface area (Å²) in [6, 6.07) is 5.71. The minimum absolute atomic E-state index is 0.0544. The third-order valence-electron chi connectivity index (χ3n) is 3.47. The SMILES string of the molecule is Cn1cnc2ccc(NC(=O)C3CCCCO3)cc21. The number of fused-ring (bicyclic) bond motifs is 1. The second-order valence-corrected chi connectivity index (χ2v) is 4.90. The topological polar surface area (TPSA) is 56.2 Å². The molecule has 1 saturated heterocycles. The van der Waals surface area contributed by atoms with E-state index >= 15 is 0 Å². The average molecular weight is 259 g/mol. The number of hydrogen-bond donors (Lipinski definition) is 1. The number of rotatable bonds is 2.